The highest BCUT2D eigenvalue weighted by Crippen LogP contribution is 2.42. The number of rotatable bonds is 6. The highest BCUT2D eigenvalue weighted by Gasteiger charge is 2.48. The Hall–Kier alpha value is -2.02. The van der Waals surface area contributed by atoms with Gasteiger partial charge in [-0.25, -0.2) is 0 Å². The maximum atomic E-state index is 12.7. The third kappa shape index (κ3) is 4.34. The molecular weight excluding hydrogens is 340 g/mol. The van der Waals surface area contributed by atoms with E-state index in [0.717, 1.165) is 18.4 Å². The van der Waals surface area contributed by atoms with E-state index in [9.17, 15) is 14.4 Å². The van der Waals surface area contributed by atoms with Crippen LogP contribution in [-0.2, 0) is 20.8 Å². The Kier molecular flexibility index (Phi) is 5.32. The van der Waals surface area contributed by atoms with Crippen LogP contribution in [0.4, 0.5) is 0 Å². The van der Waals surface area contributed by atoms with Gasteiger partial charge in [-0.15, -0.1) is 0 Å². The van der Waals surface area contributed by atoms with Crippen molar-refractivity contribution in [3.05, 3.63) is 35.9 Å². The first kappa shape index (κ1) is 17.8. The van der Waals surface area contributed by atoms with Gasteiger partial charge in [-0.2, -0.15) is 12.6 Å². The molecule has 0 radical (unpaired) electrons. The molecule has 1 aliphatic heterocycles. The molecule has 25 heavy (non-hydrogen) atoms. The summed E-state index contributed by atoms with van der Waals surface area (Å²) < 4.78 is 0. The van der Waals surface area contributed by atoms with Gasteiger partial charge in [0.05, 0.1) is 5.25 Å². The van der Waals surface area contributed by atoms with Crippen LogP contribution in [0.15, 0.2) is 30.3 Å². The fourth-order valence-electron chi connectivity index (χ4n) is 3.46. The molecule has 0 spiro atoms. The Morgan fingerprint density at radius 3 is 2.68 bits per heavy atom. The molecule has 1 saturated heterocycles. The highest BCUT2D eigenvalue weighted by molar-refractivity contribution is 7.81. The lowest BCUT2D eigenvalue weighted by Crippen LogP contribution is -2.51. The summed E-state index contributed by atoms with van der Waals surface area (Å²) in [5.74, 6) is -1.25. The van der Waals surface area contributed by atoms with Crippen molar-refractivity contribution in [3.8, 4) is 0 Å². The minimum Gasteiger partial charge on any atom is -0.480 e. The lowest BCUT2D eigenvalue weighted by Gasteiger charge is -2.25. The molecule has 2 fully saturated rings. The molecule has 0 bridgehead atoms. The fraction of sp³-hybridized carbons (Fsp3) is 0.500. The smallest absolute Gasteiger partial charge is 0.323 e. The van der Waals surface area contributed by atoms with Crippen molar-refractivity contribution in [1.82, 2.24) is 10.2 Å². The predicted molar refractivity (Wildman–Crippen MR) is 95.3 cm³/mol. The molecule has 4 atom stereocenters. The zero-order valence-corrected chi connectivity index (χ0v) is 14.7. The number of nitrogens with zero attached hydrogens (tertiary/aromatic N) is 1. The third-order valence-electron chi connectivity index (χ3n) is 4.89. The summed E-state index contributed by atoms with van der Waals surface area (Å²) in [5.41, 5.74) is 0.999. The molecule has 1 aromatic rings. The van der Waals surface area contributed by atoms with E-state index in [4.69, 9.17) is 5.11 Å². The van der Waals surface area contributed by atoms with Gasteiger partial charge in [-0.05, 0) is 37.2 Å². The van der Waals surface area contributed by atoms with Crippen LogP contribution >= 0.6 is 12.6 Å². The summed E-state index contributed by atoms with van der Waals surface area (Å²) >= 11 is 4.37. The lowest BCUT2D eigenvalue weighted by atomic mass is 10.1. The van der Waals surface area contributed by atoms with Crippen LogP contribution in [0.5, 0.6) is 0 Å². The monoisotopic (exact) mass is 362 g/mol. The molecule has 1 heterocycles. The lowest BCUT2D eigenvalue weighted by molar-refractivity contribution is -0.146. The Bertz CT molecular complexity index is 666. The van der Waals surface area contributed by atoms with Gasteiger partial charge in [0.2, 0.25) is 11.8 Å². The SMILES string of the molecule is O=C(O)CN1C(=O)[C@@H](NC(=O)[C@@H](S)Cc2ccccc2)CC[C@@H]2C[C@@H]21. The van der Waals surface area contributed by atoms with Crippen molar-refractivity contribution < 1.29 is 19.5 Å². The van der Waals surface area contributed by atoms with Crippen molar-refractivity contribution in [2.75, 3.05) is 6.54 Å². The number of fused-ring (bicyclic) bond motifs is 1. The second-order valence-electron chi connectivity index (χ2n) is 6.77. The molecule has 2 amide bonds. The summed E-state index contributed by atoms with van der Waals surface area (Å²) in [7, 11) is 0. The summed E-state index contributed by atoms with van der Waals surface area (Å²) in [5, 5.41) is 11.3. The number of hydrogen-bond acceptors (Lipinski definition) is 4. The minimum atomic E-state index is -1.03. The van der Waals surface area contributed by atoms with Crippen molar-refractivity contribution >= 4 is 30.4 Å². The number of thiol groups is 1. The molecule has 0 aromatic heterocycles. The first-order chi connectivity index (χ1) is 12.0. The van der Waals surface area contributed by atoms with E-state index in [1.807, 2.05) is 30.3 Å². The predicted octanol–water partition coefficient (Wildman–Crippen LogP) is 1.11. The van der Waals surface area contributed by atoms with Crippen molar-refractivity contribution in [1.29, 1.82) is 0 Å². The molecule has 2 aliphatic rings. The number of benzene rings is 1. The second-order valence-corrected chi connectivity index (χ2v) is 7.39. The average Bonchev–Trinajstić information content (AvgIpc) is 3.36. The van der Waals surface area contributed by atoms with Gasteiger partial charge in [0.15, 0.2) is 0 Å². The van der Waals surface area contributed by atoms with Gasteiger partial charge >= 0.3 is 5.97 Å². The number of amides is 2. The minimum absolute atomic E-state index is 0.0154. The van der Waals surface area contributed by atoms with Crippen molar-refractivity contribution in [2.45, 2.75) is 43.0 Å². The maximum absolute atomic E-state index is 12.7. The molecule has 3 rings (SSSR count). The van der Waals surface area contributed by atoms with E-state index in [1.54, 1.807) is 0 Å². The highest BCUT2D eigenvalue weighted by atomic mass is 32.1. The van der Waals surface area contributed by atoms with E-state index in [-0.39, 0.29) is 24.4 Å². The molecule has 1 aliphatic carbocycles. The van der Waals surface area contributed by atoms with E-state index < -0.39 is 17.3 Å². The summed E-state index contributed by atoms with van der Waals surface area (Å²) in [4.78, 5) is 37.5. The first-order valence-corrected chi connectivity index (χ1v) is 9.02. The summed E-state index contributed by atoms with van der Waals surface area (Å²) in [6.45, 7) is -0.305. The van der Waals surface area contributed by atoms with E-state index in [2.05, 4.69) is 17.9 Å². The zero-order valence-electron chi connectivity index (χ0n) is 13.8. The number of carbonyl (C=O) groups is 3. The maximum Gasteiger partial charge on any atom is 0.323 e. The average molecular weight is 362 g/mol. The largest absolute Gasteiger partial charge is 0.480 e. The standard InChI is InChI=1S/C18H22N2O4S/c21-16(22)10-20-14-9-12(14)6-7-13(18(20)24)19-17(23)15(25)8-11-4-2-1-3-5-11/h1-5,12-15,25H,6-10H2,(H,19,23)(H,21,22)/t12-,13+,14+,15+/m1/s1. The normalized spacial score (nSPS) is 26.4. The van der Waals surface area contributed by atoms with Gasteiger partial charge in [0, 0.05) is 6.04 Å². The third-order valence-corrected chi connectivity index (χ3v) is 5.31. The second kappa shape index (κ2) is 7.47. The topological polar surface area (TPSA) is 86.7 Å². The van der Waals surface area contributed by atoms with Gasteiger partial charge < -0.3 is 15.3 Å². The molecular formula is C18H22N2O4S. The zero-order chi connectivity index (χ0) is 18.0. The Labute approximate surface area is 152 Å². The molecule has 134 valence electrons. The van der Waals surface area contributed by atoms with Crippen molar-refractivity contribution in [3.63, 3.8) is 0 Å². The van der Waals surface area contributed by atoms with E-state index >= 15 is 0 Å². The van der Waals surface area contributed by atoms with Crippen LogP contribution in [0.3, 0.4) is 0 Å². The molecule has 6 nitrogen and oxygen atoms in total. The molecule has 7 heteroatoms. The van der Waals surface area contributed by atoms with E-state index in [1.165, 1.54) is 4.90 Å². The summed E-state index contributed by atoms with van der Waals surface area (Å²) in [6.07, 6.45) is 2.71. The van der Waals surface area contributed by atoms with Crippen LogP contribution < -0.4 is 5.32 Å². The number of hydrogen-bond donors (Lipinski definition) is 3. The van der Waals surface area contributed by atoms with Crippen LogP contribution in [-0.4, -0.2) is 51.7 Å². The first-order valence-electron chi connectivity index (χ1n) is 8.50. The van der Waals surface area contributed by atoms with Gasteiger partial charge in [0.25, 0.3) is 0 Å². The number of nitrogens with one attached hydrogen (secondary N) is 1. The Morgan fingerprint density at radius 2 is 2.00 bits per heavy atom. The van der Waals surface area contributed by atoms with E-state index in [0.29, 0.717) is 18.8 Å². The molecule has 2 N–H and O–H groups in total. The molecule has 1 aromatic carbocycles. The van der Waals surface area contributed by atoms with Crippen LogP contribution in [0.1, 0.15) is 24.8 Å². The van der Waals surface area contributed by atoms with Crippen molar-refractivity contribution in [2.24, 2.45) is 5.92 Å². The number of carboxylic acids is 1. The number of aliphatic carboxylic acids is 1. The molecule has 1 saturated carbocycles. The van der Waals surface area contributed by atoms with Crippen LogP contribution in [0.2, 0.25) is 0 Å². The van der Waals surface area contributed by atoms with Gasteiger partial charge in [0.1, 0.15) is 12.6 Å². The quantitative estimate of drug-likeness (QED) is 0.662. The Morgan fingerprint density at radius 1 is 1.28 bits per heavy atom. The molecule has 0 unspecified atom stereocenters. The summed E-state index contributed by atoms with van der Waals surface area (Å²) in [6, 6.07) is 8.91. The number of carbonyl (C=O) groups excluding carboxylic acids is 2. The number of carboxylic acid groups (broad SMARTS) is 1. The Balaban J connectivity index is 1.61. The van der Waals surface area contributed by atoms with Crippen LogP contribution in [0.25, 0.3) is 0 Å². The van der Waals surface area contributed by atoms with Gasteiger partial charge in [-0.1, -0.05) is 30.3 Å². The van der Waals surface area contributed by atoms with Gasteiger partial charge in [-0.3, -0.25) is 14.4 Å². The fourth-order valence-corrected chi connectivity index (χ4v) is 3.75. The van der Waals surface area contributed by atoms with Crippen LogP contribution in [0, 0.1) is 5.92 Å². The number of likely N-dealkylation sites (tertiary alicyclic amines) is 1.